The molecular weight excluding hydrogens is 681 g/mol. The Morgan fingerprint density at radius 3 is 1.18 bits per heavy atom. The van der Waals surface area contributed by atoms with Crippen molar-refractivity contribution in [2.24, 2.45) is 0 Å². The number of aryl methyl sites for hydroxylation is 2. The molecule has 0 aliphatic heterocycles. The lowest BCUT2D eigenvalue weighted by Crippen LogP contribution is -1.88. The second kappa shape index (κ2) is 12.5. The van der Waals surface area contributed by atoms with Gasteiger partial charge in [-0.3, -0.25) is 0 Å². The molecule has 0 radical (unpaired) electrons. The summed E-state index contributed by atoms with van der Waals surface area (Å²) in [4.78, 5) is 0. The first-order valence-corrected chi connectivity index (χ1v) is 19.9. The molecule has 0 saturated heterocycles. The summed E-state index contributed by atoms with van der Waals surface area (Å²) >= 11 is 1.87. The van der Waals surface area contributed by atoms with Gasteiger partial charge in [0.05, 0.1) is 0 Å². The average Bonchev–Trinajstić information content (AvgIpc) is 3.61. The predicted molar refractivity (Wildman–Crippen MR) is 241 cm³/mol. The maximum Gasteiger partial charge on any atom is 0.0361 e. The van der Waals surface area contributed by atoms with Gasteiger partial charge >= 0.3 is 0 Å². The first kappa shape index (κ1) is 31.9. The van der Waals surface area contributed by atoms with Crippen molar-refractivity contribution in [3.05, 3.63) is 193 Å². The minimum Gasteiger partial charge on any atom is -0.135 e. The van der Waals surface area contributed by atoms with Crippen LogP contribution in [-0.4, -0.2) is 0 Å². The smallest absolute Gasteiger partial charge is 0.0361 e. The molecule has 0 bridgehead atoms. The Hall–Kier alpha value is -6.54. The van der Waals surface area contributed by atoms with Crippen LogP contribution in [0.25, 0.3) is 108 Å². The topological polar surface area (TPSA) is 0 Å². The molecule has 0 spiro atoms. The van der Waals surface area contributed by atoms with E-state index in [1.807, 2.05) is 11.3 Å². The fourth-order valence-electron chi connectivity index (χ4n) is 8.63. The molecule has 0 amide bonds. The third kappa shape index (κ3) is 5.51. The number of benzene rings is 10. The van der Waals surface area contributed by atoms with Gasteiger partial charge in [0.1, 0.15) is 0 Å². The highest BCUT2D eigenvalue weighted by atomic mass is 32.1. The minimum atomic E-state index is 1.21. The zero-order valence-corrected chi connectivity index (χ0v) is 31.5. The van der Waals surface area contributed by atoms with E-state index in [1.165, 1.54) is 119 Å². The Morgan fingerprint density at radius 2 is 0.636 bits per heavy atom. The van der Waals surface area contributed by atoms with Crippen molar-refractivity contribution in [1.29, 1.82) is 0 Å². The minimum absolute atomic E-state index is 1.21. The van der Waals surface area contributed by atoms with Crippen LogP contribution in [-0.2, 0) is 0 Å². The van der Waals surface area contributed by atoms with Gasteiger partial charge in [-0.05, 0) is 144 Å². The Kier molecular flexibility index (Phi) is 7.27. The number of hydrogen-bond acceptors (Lipinski definition) is 1. The number of rotatable bonds is 4. The predicted octanol–water partition coefficient (Wildman–Crippen LogP) is 16.0. The van der Waals surface area contributed by atoms with E-state index >= 15 is 0 Å². The second-order valence-electron chi connectivity index (χ2n) is 15.1. The second-order valence-corrected chi connectivity index (χ2v) is 16.2. The lowest BCUT2D eigenvalue weighted by atomic mass is 9.90. The van der Waals surface area contributed by atoms with Crippen LogP contribution in [0.3, 0.4) is 0 Å². The largest absolute Gasteiger partial charge is 0.135 e. The number of fused-ring (bicyclic) bond motifs is 9. The molecule has 11 aromatic rings. The molecular formula is C54H36S. The van der Waals surface area contributed by atoms with Crippen LogP contribution >= 0.6 is 11.3 Å². The molecule has 0 N–H and O–H groups in total. The molecule has 0 nitrogen and oxygen atoms in total. The van der Waals surface area contributed by atoms with E-state index in [0.717, 1.165) is 0 Å². The highest BCUT2D eigenvalue weighted by Gasteiger charge is 2.12. The third-order valence-corrected chi connectivity index (χ3v) is 12.6. The standard InChI is InChI=1S/C54H36S/c1-33-7-20-47-40(25-33)13-15-42-27-37(17-22-49(42)47)45-29-44(30-46(31-45)38-18-23-50-43(28-38)16-14-41-26-34(2)8-21-48(41)50)36-11-9-35(10-12-36)39-19-24-52-51-5-3-4-6-53(51)55-54(52)32-39/h3-32H,1-2H3. The van der Waals surface area contributed by atoms with Gasteiger partial charge in [-0.1, -0.05) is 151 Å². The molecule has 11 rings (SSSR count). The van der Waals surface area contributed by atoms with Gasteiger partial charge in [0.2, 0.25) is 0 Å². The van der Waals surface area contributed by atoms with Crippen LogP contribution in [0.5, 0.6) is 0 Å². The maximum atomic E-state index is 2.37. The quantitative estimate of drug-likeness (QED) is 0.159. The Bertz CT molecular complexity index is 3180. The monoisotopic (exact) mass is 716 g/mol. The number of thiophene rings is 1. The summed E-state index contributed by atoms with van der Waals surface area (Å²) in [6.07, 6.45) is 0. The molecule has 258 valence electrons. The first-order chi connectivity index (χ1) is 27.0. The number of hydrogen-bond donors (Lipinski definition) is 0. The third-order valence-electron chi connectivity index (χ3n) is 11.5. The van der Waals surface area contributed by atoms with Gasteiger partial charge in [-0.25, -0.2) is 0 Å². The van der Waals surface area contributed by atoms with E-state index in [1.54, 1.807) is 0 Å². The first-order valence-electron chi connectivity index (χ1n) is 19.1. The van der Waals surface area contributed by atoms with Crippen LogP contribution in [0.1, 0.15) is 11.1 Å². The molecule has 1 heterocycles. The zero-order chi connectivity index (χ0) is 36.6. The van der Waals surface area contributed by atoms with Crippen molar-refractivity contribution in [3.8, 4) is 44.5 Å². The van der Waals surface area contributed by atoms with Crippen LogP contribution in [0.4, 0.5) is 0 Å². The van der Waals surface area contributed by atoms with E-state index in [-0.39, 0.29) is 0 Å². The van der Waals surface area contributed by atoms with Crippen LogP contribution in [0, 0.1) is 13.8 Å². The van der Waals surface area contributed by atoms with Crippen molar-refractivity contribution < 1.29 is 0 Å². The van der Waals surface area contributed by atoms with Gasteiger partial charge in [0.25, 0.3) is 0 Å². The van der Waals surface area contributed by atoms with Crippen LogP contribution in [0.15, 0.2) is 182 Å². The zero-order valence-electron chi connectivity index (χ0n) is 30.7. The molecule has 0 saturated carbocycles. The summed E-state index contributed by atoms with van der Waals surface area (Å²) < 4.78 is 2.67. The van der Waals surface area contributed by atoms with Crippen molar-refractivity contribution >= 4 is 74.6 Å². The summed E-state index contributed by atoms with van der Waals surface area (Å²) in [5.74, 6) is 0. The molecule has 0 unspecified atom stereocenters. The van der Waals surface area contributed by atoms with E-state index in [0.29, 0.717) is 0 Å². The summed E-state index contributed by atoms with van der Waals surface area (Å²) in [6, 6.07) is 68.4. The van der Waals surface area contributed by atoms with Gasteiger partial charge in [-0.2, -0.15) is 0 Å². The van der Waals surface area contributed by atoms with E-state index in [4.69, 9.17) is 0 Å². The SMILES string of the molecule is Cc1ccc2c(ccc3cc(-c4cc(-c5ccc(-c6ccc7c(c6)sc6ccccc67)cc5)cc(-c5ccc6c(ccc7cc(C)ccc76)c5)c4)ccc32)c1. The fourth-order valence-corrected chi connectivity index (χ4v) is 9.77. The fraction of sp³-hybridized carbons (Fsp3) is 0.0370. The van der Waals surface area contributed by atoms with Gasteiger partial charge < -0.3 is 0 Å². The highest BCUT2D eigenvalue weighted by Crippen LogP contribution is 2.39. The van der Waals surface area contributed by atoms with Crippen molar-refractivity contribution in [1.82, 2.24) is 0 Å². The molecule has 10 aromatic carbocycles. The van der Waals surface area contributed by atoms with E-state index in [9.17, 15) is 0 Å². The highest BCUT2D eigenvalue weighted by molar-refractivity contribution is 7.25. The van der Waals surface area contributed by atoms with Gasteiger partial charge in [0.15, 0.2) is 0 Å². The summed E-state index contributed by atoms with van der Waals surface area (Å²) in [6.45, 7) is 4.32. The molecule has 55 heavy (non-hydrogen) atoms. The summed E-state index contributed by atoms with van der Waals surface area (Å²) in [5.41, 5.74) is 12.3. The lowest BCUT2D eigenvalue weighted by Gasteiger charge is -2.14. The molecule has 1 aromatic heterocycles. The lowest BCUT2D eigenvalue weighted by molar-refractivity contribution is 1.51. The van der Waals surface area contributed by atoms with E-state index < -0.39 is 0 Å². The van der Waals surface area contributed by atoms with Crippen LogP contribution < -0.4 is 0 Å². The van der Waals surface area contributed by atoms with Crippen LogP contribution in [0.2, 0.25) is 0 Å². The average molecular weight is 717 g/mol. The van der Waals surface area contributed by atoms with Crippen molar-refractivity contribution in [3.63, 3.8) is 0 Å². The Morgan fingerprint density at radius 1 is 0.255 bits per heavy atom. The molecule has 0 aliphatic rings. The van der Waals surface area contributed by atoms with Crippen molar-refractivity contribution in [2.45, 2.75) is 13.8 Å². The Balaban J connectivity index is 1.03. The normalized spacial score (nSPS) is 11.8. The van der Waals surface area contributed by atoms with E-state index in [2.05, 4.69) is 196 Å². The molecule has 0 atom stereocenters. The van der Waals surface area contributed by atoms with Gasteiger partial charge in [-0.15, -0.1) is 11.3 Å². The Labute approximate surface area is 324 Å². The molecule has 0 aliphatic carbocycles. The van der Waals surface area contributed by atoms with Gasteiger partial charge in [0, 0.05) is 20.2 Å². The summed E-state index contributed by atoms with van der Waals surface area (Å²) in [5, 5.41) is 12.9. The van der Waals surface area contributed by atoms with Crippen molar-refractivity contribution in [2.75, 3.05) is 0 Å². The summed E-state index contributed by atoms with van der Waals surface area (Å²) in [7, 11) is 0. The maximum absolute atomic E-state index is 2.37. The molecule has 1 heteroatoms. The molecule has 0 fully saturated rings.